The topological polar surface area (TPSA) is 52.5 Å². The van der Waals surface area contributed by atoms with E-state index in [1.807, 2.05) is 6.07 Å². The van der Waals surface area contributed by atoms with Gasteiger partial charge in [0.15, 0.2) is 0 Å². The number of aromatic nitrogens is 2. The monoisotopic (exact) mass is 380 g/mol. The molecule has 2 heterocycles. The van der Waals surface area contributed by atoms with Crippen molar-refractivity contribution >= 4 is 5.95 Å². The summed E-state index contributed by atoms with van der Waals surface area (Å²) in [5, 5.41) is 11.6. The summed E-state index contributed by atoms with van der Waals surface area (Å²) >= 11 is 0. The fraction of sp³-hybridized carbons (Fsp3) is 0.565. The first-order valence-electron chi connectivity index (χ1n) is 10.5. The Labute approximate surface area is 168 Å². The van der Waals surface area contributed by atoms with E-state index in [9.17, 15) is 5.11 Å². The van der Waals surface area contributed by atoms with E-state index < -0.39 is 0 Å². The maximum Gasteiger partial charge on any atom is 0.225 e. The number of likely N-dealkylation sites (N-methyl/N-ethyl adjacent to an activating group) is 1. The number of rotatable bonds is 5. The van der Waals surface area contributed by atoms with E-state index in [1.54, 1.807) is 12.4 Å². The number of aliphatic hydroxyl groups is 1. The molecule has 1 aliphatic heterocycles. The van der Waals surface area contributed by atoms with Gasteiger partial charge in [-0.2, -0.15) is 0 Å². The van der Waals surface area contributed by atoms with Crippen LogP contribution < -0.4 is 4.90 Å². The molecule has 1 aromatic carbocycles. The summed E-state index contributed by atoms with van der Waals surface area (Å²) in [6, 6.07) is 10.6. The largest absolute Gasteiger partial charge is 0.390 e. The van der Waals surface area contributed by atoms with Crippen molar-refractivity contribution < 1.29 is 5.11 Å². The summed E-state index contributed by atoms with van der Waals surface area (Å²) < 4.78 is 0. The zero-order valence-electron chi connectivity index (χ0n) is 17.3. The van der Waals surface area contributed by atoms with Gasteiger partial charge in [-0.25, -0.2) is 9.97 Å². The van der Waals surface area contributed by atoms with Gasteiger partial charge in [0.2, 0.25) is 5.95 Å². The fourth-order valence-electron chi connectivity index (χ4n) is 5.04. The Hall–Kier alpha value is -1.98. The maximum atomic E-state index is 11.6. The third-order valence-corrected chi connectivity index (χ3v) is 6.71. The number of anilines is 1. The second-order valence-electron chi connectivity index (χ2n) is 8.83. The number of benzene rings is 1. The lowest BCUT2D eigenvalue weighted by atomic mass is 9.72. The maximum absolute atomic E-state index is 11.6. The van der Waals surface area contributed by atoms with Crippen LogP contribution >= 0.6 is 0 Å². The molecule has 1 aliphatic carbocycles. The summed E-state index contributed by atoms with van der Waals surface area (Å²) in [6.07, 6.45) is 6.23. The first-order chi connectivity index (χ1) is 13.5. The number of fused-ring (bicyclic) bond motifs is 2. The predicted octanol–water partition coefficient (Wildman–Crippen LogP) is 3.41. The van der Waals surface area contributed by atoms with Crippen LogP contribution in [0.4, 0.5) is 5.95 Å². The van der Waals surface area contributed by atoms with E-state index in [1.165, 1.54) is 11.1 Å². The Morgan fingerprint density at radius 3 is 2.50 bits per heavy atom. The van der Waals surface area contributed by atoms with Gasteiger partial charge in [0.1, 0.15) is 0 Å². The van der Waals surface area contributed by atoms with Gasteiger partial charge in [-0.3, -0.25) is 4.90 Å². The van der Waals surface area contributed by atoms with Gasteiger partial charge in [0.25, 0.3) is 0 Å². The molecule has 2 atom stereocenters. The molecular formula is C23H32N4O. The minimum Gasteiger partial charge on any atom is -0.390 e. The second kappa shape index (κ2) is 7.80. The van der Waals surface area contributed by atoms with Crippen LogP contribution in [0.5, 0.6) is 0 Å². The third-order valence-electron chi connectivity index (χ3n) is 6.71. The molecule has 1 saturated heterocycles. The molecule has 1 N–H and O–H groups in total. The number of piperidine rings is 1. The van der Waals surface area contributed by atoms with Crippen LogP contribution in [0.1, 0.15) is 50.3 Å². The number of hydrogen-bond donors (Lipinski definition) is 1. The molecule has 0 radical (unpaired) electrons. The van der Waals surface area contributed by atoms with Crippen molar-refractivity contribution in [3.05, 3.63) is 53.9 Å². The number of hydrogen-bond acceptors (Lipinski definition) is 5. The number of aliphatic hydroxyl groups excluding tert-OH is 1. The van der Waals surface area contributed by atoms with Crippen LogP contribution in [0.2, 0.25) is 0 Å². The molecule has 4 rings (SSSR count). The predicted molar refractivity (Wildman–Crippen MR) is 112 cm³/mol. The van der Waals surface area contributed by atoms with E-state index >= 15 is 0 Å². The minimum absolute atomic E-state index is 0.0782. The van der Waals surface area contributed by atoms with Crippen LogP contribution in [0.3, 0.4) is 0 Å². The first kappa shape index (κ1) is 19.3. The van der Waals surface area contributed by atoms with Crippen molar-refractivity contribution in [2.45, 2.75) is 50.7 Å². The van der Waals surface area contributed by atoms with E-state index in [0.717, 1.165) is 44.8 Å². The molecule has 1 aromatic heterocycles. The van der Waals surface area contributed by atoms with Crippen LogP contribution in [0, 0.1) is 5.92 Å². The van der Waals surface area contributed by atoms with Crippen LogP contribution in [-0.2, 0) is 5.41 Å². The molecular weight excluding hydrogens is 348 g/mol. The zero-order chi connectivity index (χ0) is 19.7. The zero-order valence-corrected chi connectivity index (χ0v) is 17.3. The van der Waals surface area contributed by atoms with E-state index in [4.69, 9.17) is 0 Å². The van der Waals surface area contributed by atoms with Crippen molar-refractivity contribution in [1.82, 2.24) is 14.9 Å². The molecule has 5 nitrogen and oxygen atoms in total. The molecule has 1 fully saturated rings. The molecule has 1 spiro atoms. The highest BCUT2D eigenvalue weighted by molar-refractivity contribution is 5.47. The van der Waals surface area contributed by atoms with Gasteiger partial charge in [-0.15, -0.1) is 0 Å². The van der Waals surface area contributed by atoms with Crippen molar-refractivity contribution in [2.24, 2.45) is 5.92 Å². The molecule has 150 valence electrons. The molecule has 2 aliphatic rings. The van der Waals surface area contributed by atoms with Crippen molar-refractivity contribution in [3.8, 4) is 0 Å². The van der Waals surface area contributed by atoms with Crippen molar-refractivity contribution in [3.63, 3.8) is 0 Å². The van der Waals surface area contributed by atoms with Gasteiger partial charge in [0.05, 0.1) is 12.1 Å². The molecule has 0 unspecified atom stereocenters. The smallest absolute Gasteiger partial charge is 0.225 e. The molecule has 0 amide bonds. The van der Waals surface area contributed by atoms with Gasteiger partial charge < -0.3 is 10.0 Å². The lowest BCUT2D eigenvalue weighted by Crippen LogP contribution is -2.50. The van der Waals surface area contributed by atoms with Crippen LogP contribution in [-0.4, -0.2) is 52.8 Å². The minimum atomic E-state index is -0.374. The van der Waals surface area contributed by atoms with Crippen LogP contribution in [0.25, 0.3) is 0 Å². The quantitative estimate of drug-likeness (QED) is 0.861. The molecule has 0 bridgehead atoms. The van der Waals surface area contributed by atoms with Crippen molar-refractivity contribution in [2.75, 3.05) is 31.6 Å². The van der Waals surface area contributed by atoms with Gasteiger partial charge in [-0.05, 0) is 56.0 Å². The summed E-state index contributed by atoms with van der Waals surface area (Å²) in [6.45, 7) is 7.27. The van der Waals surface area contributed by atoms with E-state index in [-0.39, 0.29) is 17.6 Å². The first-order valence-corrected chi connectivity index (χ1v) is 10.5. The SMILES string of the molecule is CC(C)CCN(C)[C@@H]1c2ccccc2C2(CCN(c3ncccn3)CC2)[C@H]1O. The van der Waals surface area contributed by atoms with Gasteiger partial charge in [-0.1, -0.05) is 38.1 Å². The highest BCUT2D eigenvalue weighted by Crippen LogP contribution is 2.52. The summed E-state index contributed by atoms with van der Waals surface area (Å²) in [5.41, 5.74) is 2.49. The average Bonchev–Trinajstić information content (AvgIpc) is 2.96. The number of nitrogens with zero attached hydrogens (tertiary/aromatic N) is 4. The van der Waals surface area contributed by atoms with Gasteiger partial charge in [0, 0.05) is 30.9 Å². The van der Waals surface area contributed by atoms with Gasteiger partial charge >= 0.3 is 0 Å². The Morgan fingerprint density at radius 2 is 1.82 bits per heavy atom. The average molecular weight is 381 g/mol. The van der Waals surface area contributed by atoms with Crippen molar-refractivity contribution in [1.29, 1.82) is 0 Å². The Balaban J connectivity index is 1.58. The highest BCUT2D eigenvalue weighted by atomic mass is 16.3. The normalized spacial score (nSPS) is 23.6. The summed E-state index contributed by atoms with van der Waals surface area (Å²) in [7, 11) is 2.17. The molecule has 2 aromatic rings. The van der Waals surface area contributed by atoms with E-state index in [2.05, 4.69) is 64.9 Å². The standard InChI is InChI=1S/C23H32N4O/c1-17(2)9-14-26(3)20-18-7-4-5-8-19(18)23(21(20)28)10-15-27(16-11-23)22-24-12-6-13-25-22/h4-8,12-13,17,20-21,28H,9-11,14-16H2,1-3H3/t20-,21+/m1/s1. The Bertz CT molecular complexity index is 786. The Kier molecular flexibility index (Phi) is 5.39. The fourth-order valence-corrected chi connectivity index (χ4v) is 5.04. The lowest BCUT2D eigenvalue weighted by Gasteiger charge is -2.43. The summed E-state index contributed by atoms with van der Waals surface area (Å²) in [4.78, 5) is 13.4. The molecule has 5 heteroatoms. The molecule has 0 saturated carbocycles. The van der Waals surface area contributed by atoms with Crippen LogP contribution in [0.15, 0.2) is 42.7 Å². The lowest BCUT2D eigenvalue weighted by molar-refractivity contribution is 0.00777. The summed E-state index contributed by atoms with van der Waals surface area (Å²) in [5.74, 6) is 1.46. The Morgan fingerprint density at radius 1 is 1.14 bits per heavy atom. The van der Waals surface area contributed by atoms with E-state index in [0.29, 0.717) is 5.92 Å². The third kappa shape index (κ3) is 3.31. The second-order valence-corrected chi connectivity index (χ2v) is 8.83. The highest BCUT2D eigenvalue weighted by Gasteiger charge is 2.53. The molecule has 28 heavy (non-hydrogen) atoms.